The van der Waals surface area contributed by atoms with Crippen molar-refractivity contribution < 1.29 is 4.74 Å². The van der Waals surface area contributed by atoms with Crippen LogP contribution in [0.1, 0.15) is 23.4 Å². The minimum absolute atomic E-state index is 0.363. The third-order valence-electron chi connectivity index (χ3n) is 3.09. The zero-order chi connectivity index (χ0) is 13.7. The van der Waals surface area contributed by atoms with Crippen LogP contribution in [0.2, 0.25) is 0 Å². The van der Waals surface area contributed by atoms with Crippen LogP contribution in [0.15, 0.2) is 18.2 Å². The summed E-state index contributed by atoms with van der Waals surface area (Å²) in [6.07, 6.45) is 0.849. The molecule has 1 heterocycles. The molecule has 2 rings (SSSR count). The Hall–Kier alpha value is -1.95. The molecule has 0 atom stereocenters. The molecule has 0 fully saturated rings. The summed E-state index contributed by atoms with van der Waals surface area (Å²) in [5.41, 5.74) is 7.83. The van der Waals surface area contributed by atoms with E-state index < -0.39 is 0 Å². The predicted molar refractivity (Wildman–Crippen MR) is 71.7 cm³/mol. The quantitative estimate of drug-likeness (QED) is 0.845. The van der Waals surface area contributed by atoms with Crippen LogP contribution in [0.3, 0.4) is 0 Å². The lowest BCUT2D eigenvalue weighted by molar-refractivity contribution is 0.284. The minimum Gasteiger partial charge on any atom is -0.485 e. The highest BCUT2D eigenvalue weighted by Gasteiger charge is 2.08. The van der Waals surface area contributed by atoms with Gasteiger partial charge in [0.05, 0.1) is 0 Å². The van der Waals surface area contributed by atoms with Crippen LogP contribution >= 0.6 is 0 Å². The van der Waals surface area contributed by atoms with E-state index in [4.69, 9.17) is 10.5 Å². The van der Waals surface area contributed by atoms with Gasteiger partial charge in [-0.2, -0.15) is 0 Å². The van der Waals surface area contributed by atoms with Crippen molar-refractivity contribution in [2.75, 3.05) is 6.54 Å². The number of nitrogens with zero attached hydrogens (tertiary/aromatic N) is 4. The summed E-state index contributed by atoms with van der Waals surface area (Å²) in [5, 5.41) is 11.6. The van der Waals surface area contributed by atoms with Gasteiger partial charge in [0, 0.05) is 6.54 Å². The number of ether oxygens (including phenoxy) is 1. The first-order valence-corrected chi connectivity index (χ1v) is 6.36. The number of rotatable bonds is 6. The molecule has 19 heavy (non-hydrogen) atoms. The number of tetrazole rings is 1. The predicted octanol–water partition coefficient (Wildman–Crippen LogP) is 1.22. The van der Waals surface area contributed by atoms with Crippen LogP contribution in [-0.4, -0.2) is 26.8 Å². The standard InChI is InChI=1S/C13H19N5O/c1-10-5-3-6-12(11(10)2)19-9-13-15-16-17-18(13)8-4-7-14/h3,5-6H,4,7-9,14H2,1-2H3. The molecular formula is C13H19N5O. The Morgan fingerprint density at radius 3 is 2.95 bits per heavy atom. The molecule has 0 spiro atoms. The Morgan fingerprint density at radius 2 is 2.16 bits per heavy atom. The summed E-state index contributed by atoms with van der Waals surface area (Å²) in [4.78, 5) is 0. The first kappa shape index (κ1) is 13.5. The molecular weight excluding hydrogens is 242 g/mol. The number of hydrogen-bond acceptors (Lipinski definition) is 5. The lowest BCUT2D eigenvalue weighted by atomic mass is 10.1. The first-order chi connectivity index (χ1) is 9.22. The van der Waals surface area contributed by atoms with Crippen LogP contribution in [0.5, 0.6) is 5.75 Å². The summed E-state index contributed by atoms with van der Waals surface area (Å²) >= 11 is 0. The van der Waals surface area contributed by atoms with Gasteiger partial charge in [0.1, 0.15) is 12.4 Å². The molecule has 0 aliphatic rings. The molecule has 0 aliphatic heterocycles. The molecule has 0 amide bonds. The van der Waals surface area contributed by atoms with Crippen LogP contribution in [0.25, 0.3) is 0 Å². The van der Waals surface area contributed by atoms with E-state index in [1.54, 1.807) is 4.68 Å². The normalized spacial score (nSPS) is 10.7. The summed E-state index contributed by atoms with van der Waals surface area (Å²) in [6.45, 7) is 5.81. The Morgan fingerprint density at radius 1 is 1.32 bits per heavy atom. The van der Waals surface area contributed by atoms with Crippen LogP contribution in [-0.2, 0) is 13.2 Å². The molecule has 0 radical (unpaired) electrons. The SMILES string of the molecule is Cc1cccc(OCc2nnnn2CCCN)c1C. The minimum atomic E-state index is 0.363. The van der Waals surface area contributed by atoms with Crippen LogP contribution < -0.4 is 10.5 Å². The van der Waals surface area contributed by atoms with Crippen molar-refractivity contribution >= 4 is 0 Å². The molecule has 0 aliphatic carbocycles. The van der Waals surface area contributed by atoms with Crippen molar-refractivity contribution in [3.8, 4) is 5.75 Å². The summed E-state index contributed by atoms with van der Waals surface area (Å²) in [7, 11) is 0. The zero-order valence-corrected chi connectivity index (χ0v) is 11.3. The van der Waals surface area contributed by atoms with Gasteiger partial charge in [-0.15, -0.1) is 5.10 Å². The molecule has 1 aromatic carbocycles. The van der Waals surface area contributed by atoms with E-state index in [1.807, 2.05) is 19.1 Å². The number of aromatic nitrogens is 4. The number of benzene rings is 1. The second-order valence-electron chi connectivity index (χ2n) is 4.45. The van der Waals surface area contributed by atoms with E-state index in [0.717, 1.165) is 24.3 Å². The Kier molecular flexibility index (Phi) is 4.46. The van der Waals surface area contributed by atoms with Gasteiger partial charge in [0.25, 0.3) is 0 Å². The van der Waals surface area contributed by atoms with Gasteiger partial charge in [-0.3, -0.25) is 0 Å². The van der Waals surface area contributed by atoms with Crippen LogP contribution in [0, 0.1) is 13.8 Å². The maximum atomic E-state index is 5.79. The zero-order valence-electron chi connectivity index (χ0n) is 11.3. The van der Waals surface area contributed by atoms with Gasteiger partial charge in [-0.25, -0.2) is 4.68 Å². The lowest BCUT2D eigenvalue weighted by Crippen LogP contribution is -2.12. The van der Waals surface area contributed by atoms with E-state index in [9.17, 15) is 0 Å². The first-order valence-electron chi connectivity index (χ1n) is 6.36. The van der Waals surface area contributed by atoms with Crippen molar-refractivity contribution in [3.05, 3.63) is 35.2 Å². The Bertz CT molecular complexity index is 538. The number of aryl methyl sites for hydroxylation is 2. The van der Waals surface area contributed by atoms with E-state index in [-0.39, 0.29) is 0 Å². The highest BCUT2D eigenvalue weighted by atomic mass is 16.5. The molecule has 0 unspecified atom stereocenters. The van der Waals surface area contributed by atoms with Crippen molar-refractivity contribution in [1.29, 1.82) is 0 Å². The fraction of sp³-hybridized carbons (Fsp3) is 0.462. The van der Waals surface area contributed by atoms with Crippen LogP contribution in [0.4, 0.5) is 0 Å². The average molecular weight is 261 g/mol. The maximum absolute atomic E-state index is 5.79. The van der Waals surface area contributed by atoms with Crippen molar-refractivity contribution in [3.63, 3.8) is 0 Å². The van der Waals surface area contributed by atoms with Crippen molar-refractivity contribution in [1.82, 2.24) is 20.2 Å². The van der Waals surface area contributed by atoms with E-state index in [0.29, 0.717) is 19.0 Å². The molecule has 0 saturated heterocycles. The molecule has 0 bridgehead atoms. The number of nitrogens with two attached hydrogens (primary N) is 1. The average Bonchev–Trinajstić information content (AvgIpc) is 2.85. The molecule has 2 N–H and O–H groups in total. The van der Waals surface area contributed by atoms with Gasteiger partial charge in [-0.1, -0.05) is 12.1 Å². The van der Waals surface area contributed by atoms with E-state index in [1.165, 1.54) is 5.56 Å². The fourth-order valence-electron chi connectivity index (χ4n) is 1.76. The highest BCUT2D eigenvalue weighted by Crippen LogP contribution is 2.21. The van der Waals surface area contributed by atoms with Gasteiger partial charge < -0.3 is 10.5 Å². The Balaban J connectivity index is 2.02. The third-order valence-corrected chi connectivity index (χ3v) is 3.09. The highest BCUT2D eigenvalue weighted by molar-refractivity contribution is 5.38. The number of hydrogen-bond donors (Lipinski definition) is 1. The molecule has 6 nitrogen and oxygen atoms in total. The fourth-order valence-corrected chi connectivity index (χ4v) is 1.76. The summed E-state index contributed by atoms with van der Waals surface area (Å²) in [6, 6.07) is 6.00. The second kappa shape index (κ2) is 6.29. The van der Waals surface area contributed by atoms with Gasteiger partial charge in [0.2, 0.25) is 0 Å². The largest absolute Gasteiger partial charge is 0.485 e. The molecule has 0 saturated carbocycles. The van der Waals surface area contributed by atoms with E-state index in [2.05, 4.69) is 28.5 Å². The van der Waals surface area contributed by atoms with Gasteiger partial charge in [-0.05, 0) is 54.4 Å². The molecule has 2 aromatic rings. The molecule has 102 valence electrons. The molecule has 6 heteroatoms. The maximum Gasteiger partial charge on any atom is 0.189 e. The van der Waals surface area contributed by atoms with Crippen molar-refractivity contribution in [2.24, 2.45) is 5.73 Å². The molecule has 1 aromatic heterocycles. The monoisotopic (exact) mass is 261 g/mol. The van der Waals surface area contributed by atoms with Gasteiger partial charge in [0.15, 0.2) is 5.82 Å². The van der Waals surface area contributed by atoms with E-state index >= 15 is 0 Å². The second-order valence-corrected chi connectivity index (χ2v) is 4.45. The summed E-state index contributed by atoms with van der Waals surface area (Å²) in [5.74, 6) is 1.59. The third kappa shape index (κ3) is 3.29. The summed E-state index contributed by atoms with van der Waals surface area (Å²) < 4.78 is 7.52. The Labute approximate surface area is 112 Å². The lowest BCUT2D eigenvalue weighted by Gasteiger charge is -2.10. The van der Waals surface area contributed by atoms with Gasteiger partial charge >= 0.3 is 0 Å². The smallest absolute Gasteiger partial charge is 0.189 e. The topological polar surface area (TPSA) is 78.9 Å². The van der Waals surface area contributed by atoms with Crippen molar-refractivity contribution in [2.45, 2.75) is 33.4 Å².